The van der Waals surface area contributed by atoms with Gasteiger partial charge in [-0.15, -0.1) is 0 Å². The van der Waals surface area contributed by atoms with Crippen LogP contribution in [-0.2, 0) is 4.79 Å². The summed E-state index contributed by atoms with van der Waals surface area (Å²) in [5.41, 5.74) is 0. The zero-order valence-electron chi connectivity index (χ0n) is 3.79. The van der Waals surface area contributed by atoms with E-state index in [-0.39, 0.29) is 39.9 Å². The molecule has 0 heterocycles. The first kappa shape index (κ1) is 9.92. The van der Waals surface area contributed by atoms with Gasteiger partial charge >= 0.3 is 0 Å². The number of hydrogen-bond acceptors (Lipinski definition) is 1. The van der Waals surface area contributed by atoms with E-state index in [1.807, 2.05) is 0 Å². The van der Waals surface area contributed by atoms with Gasteiger partial charge in [0, 0.05) is 54.0 Å². The first-order valence-corrected chi connectivity index (χ1v) is 1.39. The van der Waals surface area contributed by atoms with E-state index in [0.29, 0.717) is 0 Å². The Morgan fingerprint density at radius 2 is 1.67 bits per heavy atom. The minimum Gasteiger partial charge on any atom is -0.351 e. The van der Waals surface area contributed by atoms with E-state index in [0.717, 1.165) is 6.41 Å². The van der Waals surface area contributed by atoms with E-state index in [1.54, 1.807) is 14.1 Å². The van der Waals surface area contributed by atoms with Crippen molar-refractivity contribution in [2.45, 2.75) is 0 Å². The molecule has 1 amide bonds. The molecule has 0 aromatic rings. The van der Waals surface area contributed by atoms with Crippen molar-refractivity contribution in [2.75, 3.05) is 14.1 Å². The Bertz CT molecular complexity index is 37.8. The van der Waals surface area contributed by atoms with Crippen LogP contribution in [0.25, 0.3) is 0 Å². The van der Waals surface area contributed by atoms with Crippen molar-refractivity contribution in [2.24, 2.45) is 0 Å². The van der Waals surface area contributed by atoms with Gasteiger partial charge in [-0.1, -0.05) is 0 Å². The second-order valence-electron chi connectivity index (χ2n) is 1.07. The summed E-state index contributed by atoms with van der Waals surface area (Å²) in [6, 6.07) is 0. The van der Waals surface area contributed by atoms with Crippen LogP contribution >= 0.6 is 0 Å². The van der Waals surface area contributed by atoms with Crippen LogP contribution in [0.1, 0.15) is 0 Å². The molecule has 0 aromatic heterocycles. The Labute approximate surface area is 69.6 Å². The van der Waals surface area contributed by atoms with Gasteiger partial charge in [0.2, 0.25) is 6.41 Å². The Kier molecular flexibility index (Phi) is 9.58. The van der Waals surface area contributed by atoms with Gasteiger partial charge in [0.1, 0.15) is 0 Å². The van der Waals surface area contributed by atoms with Gasteiger partial charge in [-0.3, -0.25) is 4.79 Å². The average molecular weight is 230 g/mol. The number of carbonyl (C=O) groups excluding carboxylic acids is 1. The molecule has 0 saturated heterocycles. The molecule has 0 aliphatic heterocycles. The van der Waals surface area contributed by atoms with E-state index < -0.39 is 0 Å². The van der Waals surface area contributed by atoms with Crippen LogP contribution in [0.5, 0.6) is 0 Å². The Morgan fingerprint density at radius 1 is 1.50 bits per heavy atom. The third kappa shape index (κ3) is 8.84. The summed E-state index contributed by atoms with van der Waals surface area (Å²) >= 11 is 0. The maximum atomic E-state index is 9.43. The van der Waals surface area contributed by atoms with E-state index in [1.165, 1.54) is 4.90 Å². The quantitative estimate of drug-likeness (QED) is 0.567. The van der Waals surface area contributed by atoms with Crippen molar-refractivity contribution < 1.29 is 44.7 Å². The molecule has 2 nitrogen and oxygen atoms in total. The second kappa shape index (κ2) is 5.79. The SMILES string of the molecule is CN(C)C=O.[Gd]. The van der Waals surface area contributed by atoms with Crippen LogP contribution in [0.2, 0.25) is 0 Å². The predicted octanol–water partition coefficient (Wildman–Crippen LogP) is -0.296. The topological polar surface area (TPSA) is 20.3 Å². The van der Waals surface area contributed by atoms with Gasteiger partial charge in [-0.2, -0.15) is 0 Å². The Hall–Kier alpha value is 0.795. The average Bonchev–Trinajstić information content (AvgIpc) is 1.38. The minimum atomic E-state index is 0. The number of carbonyl (C=O) groups is 1. The van der Waals surface area contributed by atoms with Crippen LogP contribution in [0.3, 0.4) is 0 Å². The molecule has 0 aliphatic rings. The fraction of sp³-hybridized carbons (Fsp3) is 0.667. The molecule has 0 spiro atoms. The van der Waals surface area contributed by atoms with Crippen LogP contribution in [0, 0.1) is 39.9 Å². The molecule has 6 heavy (non-hydrogen) atoms. The van der Waals surface area contributed by atoms with Crippen LogP contribution in [0.15, 0.2) is 0 Å². The summed E-state index contributed by atoms with van der Waals surface area (Å²) in [6.07, 6.45) is 0.750. The van der Waals surface area contributed by atoms with Crippen molar-refractivity contribution in [1.82, 2.24) is 4.90 Å². The van der Waals surface area contributed by atoms with Gasteiger partial charge in [0.05, 0.1) is 0 Å². The molecule has 0 fully saturated rings. The number of nitrogens with zero attached hydrogens (tertiary/aromatic N) is 1. The fourth-order valence-electron chi connectivity index (χ4n) is 0. The minimum absolute atomic E-state index is 0. The maximum absolute atomic E-state index is 9.43. The molecule has 0 aliphatic carbocycles. The molecule has 0 atom stereocenters. The van der Waals surface area contributed by atoms with Gasteiger partial charge in [-0.25, -0.2) is 0 Å². The van der Waals surface area contributed by atoms with Gasteiger partial charge < -0.3 is 4.90 Å². The molecular formula is C3H7GdNO. The van der Waals surface area contributed by atoms with E-state index >= 15 is 0 Å². The molecule has 3 heteroatoms. The molecule has 0 radical (unpaired) electrons. The Balaban J connectivity index is 0. The smallest absolute Gasteiger partial charge is 0.209 e. The van der Waals surface area contributed by atoms with E-state index in [2.05, 4.69) is 0 Å². The molecule has 38 valence electrons. The summed E-state index contributed by atoms with van der Waals surface area (Å²) in [5.74, 6) is 0. The van der Waals surface area contributed by atoms with Crippen LogP contribution in [-0.4, -0.2) is 25.4 Å². The summed E-state index contributed by atoms with van der Waals surface area (Å²) in [6.45, 7) is 0. The second-order valence-corrected chi connectivity index (χ2v) is 1.07. The molecule has 0 saturated carbocycles. The van der Waals surface area contributed by atoms with Gasteiger partial charge in [-0.05, 0) is 0 Å². The van der Waals surface area contributed by atoms with E-state index in [4.69, 9.17) is 0 Å². The van der Waals surface area contributed by atoms with Crippen molar-refractivity contribution in [3.05, 3.63) is 0 Å². The third-order valence-electron chi connectivity index (χ3n) is 0.211. The normalized spacial score (nSPS) is 5.67. The first-order chi connectivity index (χ1) is 2.27. The summed E-state index contributed by atoms with van der Waals surface area (Å²) in [5, 5.41) is 0. The number of amides is 1. The van der Waals surface area contributed by atoms with E-state index in [9.17, 15) is 4.79 Å². The first-order valence-electron chi connectivity index (χ1n) is 1.39. The van der Waals surface area contributed by atoms with Crippen molar-refractivity contribution >= 4 is 6.41 Å². The third-order valence-corrected chi connectivity index (χ3v) is 0.211. The number of hydrogen-bond donors (Lipinski definition) is 0. The summed E-state index contributed by atoms with van der Waals surface area (Å²) < 4.78 is 0. The molecule has 0 bridgehead atoms. The zero-order chi connectivity index (χ0) is 4.28. The molecular weight excluding hydrogens is 223 g/mol. The maximum Gasteiger partial charge on any atom is 0.209 e. The Morgan fingerprint density at radius 3 is 1.67 bits per heavy atom. The van der Waals surface area contributed by atoms with Crippen molar-refractivity contribution in [1.29, 1.82) is 0 Å². The zero-order valence-corrected chi connectivity index (χ0v) is 6.05. The fourth-order valence-corrected chi connectivity index (χ4v) is 0. The predicted molar refractivity (Wildman–Crippen MR) is 19.8 cm³/mol. The standard InChI is InChI=1S/C3H7NO.Gd/c1-4(2)3-5;/h3H,1-2H3;. The van der Waals surface area contributed by atoms with Crippen molar-refractivity contribution in [3.8, 4) is 0 Å². The van der Waals surface area contributed by atoms with Gasteiger partial charge in [0.25, 0.3) is 0 Å². The summed E-state index contributed by atoms with van der Waals surface area (Å²) in [7, 11) is 3.38. The molecule has 0 unspecified atom stereocenters. The number of rotatable bonds is 1. The molecule has 0 N–H and O–H groups in total. The summed E-state index contributed by atoms with van der Waals surface area (Å²) in [4.78, 5) is 10.9. The van der Waals surface area contributed by atoms with Crippen LogP contribution in [0.4, 0.5) is 0 Å². The van der Waals surface area contributed by atoms with Crippen LogP contribution < -0.4 is 0 Å². The molecule has 0 aromatic carbocycles. The van der Waals surface area contributed by atoms with Crippen molar-refractivity contribution in [3.63, 3.8) is 0 Å². The monoisotopic (exact) mass is 231 g/mol. The van der Waals surface area contributed by atoms with Gasteiger partial charge in [0.15, 0.2) is 0 Å². The molecule has 0 rings (SSSR count). The largest absolute Gasteiger partial charge is 0.351 e.